The van der Waals surface area contributed by atoms with Crippen LogP contribution in [-0.2, 0) is 4.79 Å². The van der Waals surface area contributed by atoms with Gasteiger partial charge in [0.2, 0.25) is 0 Å². The van der Waals surface area contributed by atoms with Crippen LogP contribution in [0.15, 0.2) is 63.5 Å². The van der Waals surface area contributed by atoms with Crippen LogP contribution in [0.4, 0.5) is 0 Å². The summed E-state index contributed by atoms with van der Waals surface area (Å²) in [5.41, 5.74) is 5.15. The largest absolute Gasteiger partial charge is 0.494 e. The predicted octanol–water partition coefficient (Wildman–Crippen LogP) is 5.63. The Hall–Kier alpha value is -2.58. The number of carbonyl (C=O) groups excluding carboxylic acids is 2. The average Bonchev–Trinajstić information content (AvgIpc) is 2.77. The van der Waals surface area contributed by atoms with Gasteiger partial charge < -0.3 is 9.47 Å². The lowest BCUT2D eigenvalue weighted by Crippen LogP contribution is -2.43. The molecule has 6 nitrogen and oxygen atoms in total. The molecule has 8 heteroatoms. The molecule has 0 bridgehead atoms. The van der Waals surface area contributed by atoms with E-state index in [1.807, 2.05) is 24.3 Å². The van der Waals surface area contributed by atoms with Crippen molar-refractivity contribution in [2.24, 2.45) is 5.92 Å². The molecule has 0 heterocycles. The number of rotatable bonds is 8. The van der Waals surface area contributed by atoms with E-state index in [0.29, 0.717) is 29.6 Å². The molecule has 0 unspecified atom stereocenters. The van der Waals surface area contributed by atoms with Crippen molar-refractivity contribution < 1.29 is 19.1 Å². The number of amides is 2. The number of fused-ring (bicyclic) bond motifs is 1. The van der Waals surface area contributed by atoms with Crippen molar-refractivity contribution >= 4 is 54.4 Å². The van der Waals surface area contributed by atoms with Gasteiger partial charge in [0.05, 0.1) is 11.1 Å². The summed E-state index contributed by atoms with van der Waals surface area (Å²) in [5, 5.41) is 2.00. The van der Waals surface area contributed by atoms with Crippen LogP contribution in [0, 0.1) is 5.92 Å². The molecule has 168 valence electrons. The van der Waals surface area contributed by atoms with Gasteiger partial charge in [-0.3, -0.25) is 20.4 Å². The fraction of sp³-hybridized carbons (Fsp3) is 0.250. The summed E-state index contributed by atoms with van der Waals surface area (Å²) in [6.07, 6.45) is 0.928. The Morgan fingerprint density at radius 2 is 1.78 bits per heavy atom. The number of halogens is 2. The lowest BCUT2D eigenvalue weighted by Gasteiger charge is -2.12. The van der Waals surface area contributed by atoms with Crippen LogP contribution in [0.5, 0.6) is 11.5 Å². The van der Waals surface area contributed by atoms with Gasteiger partial charge in [0.25, 0.3) is 11.8 Å². The monoisotopic (exact) mass is 562 g/mol. The molecule has 0 aliphatic rings. The Morgan fingerprint density at radius 3 is 2.56 bits per heavy atom. The van der Waals surface area contributed by atoms with Crippen molar-refractivity contribution in [1.82, 2.24) is 10.9 Å². The molecule has 2 N–H and O–H groups in total. The molecule has 2 amide bonds. The number of nitrogens with one attached hydrogen (secondary N) is 2. The van der Waals surface area contributed by atoms with Gasteiger partial charge in [0.1, 0.15) is 11.5 Å². The van der Waals surface area contributed by atoms with E-state index in [1.165, 1.54) is 0 Å². The van der Waals surface area contributed by atoms with Crippen LogP contribution in [0.3, 0.4) is 0 Å². The zero-order chi connectivity index (χ0) is 23.1. The summed E-state index contributed by atoms with van der Waals surface area (Å²) in [6.45, 7) is 4.58. The van der Waals surface area contributed by atoms with Crippen LogP contribution in [0.25, 0.3) is 10.8 Å². The molecule has 0 radical (unpaired) electrons. The lowest BCUT2D eigenvalue weighted by molar-refractivity contribution is -0.123. The molecule has 0 atom stereocenters. The molecule has 3 aromatic carbocycles. The van der Waals surface area contributed by atoms with Crippen LogP contribution in [0.2, 0.25) is 0 Å². The SMILES string of the molecule is CC(C)CCOc1cccc(C(=O)NNC(=O)COc2ccc3cc(Br)ccc3c2Br)c1. The quantitative estimate of drug-likeness (QED) is 0.348. The van der Waals surface area contributed by atoms with E-state index in [9.17, 15) is 9.59 Å². The number of hydrazine groups is 1. The summed E-state index contributed by atoms with van der Waals surface area (Å²) >= 11 is 6.98. The second-order valence-electron chi connectivity index (χ2n) is 7.59. The van der Waals surface area contributed by atoms with Crippen molar-refractivity contribution in [3.63, 3.8) is 0 Å². The number of carbonyl (C=O) groups is 2. The van der Waals surface area contributed by atoms with Crippen LogP contribution < -0.4 is 20.3 Å². The molecule has 3 rings (SSSR count). The van der Waals surface area contributed by atoms with Crippen molar-refractivity contribution in [2.45, 2.75) is 20.3 Å². The van der Waals surface area contributed by atoms with E-state index in [4.69, 9.17) is 9.47 Å². The molecule has 0 aliphatic carbocycles. The minimum absolute atomic E-state index is 0.251. The number of benzene rings is 3. The Kier molecular flexibility index (Phi) is 8.53. The maximum Gasteiger partial charge on any atom is 0.276 e. The summed E-state index contributed by atoms with van der Waals surface area (Å²) in [5.74, 6) is 0.764. The maximum atomic E-state index is 12.4. The molecular formula is C24H24Br2N2O4. The van der Waals surface area contributed by atoms with Crippen molar-refractivity contribution in [2.75, 3.05) is 13.2 Å². The number of ether oxygens (including phenoxy) is 2. The molecule has 32 heavy (non-hydrogen) atoms. The first-order valence-corrected chi connectivity index (χ1v) is 11.7. The summed E-state index contributed by atoms with van der Waals surface area (Å²) < 4.78 is 13.0. The third-order valence-corrected chi connectivity index (χ3v) is 5.93. The van der Waals surface area contributed by atoms with Gasteiger partial charge in [-0.15, -0.1) is 0 Å². The smallest absolute Gasteiger partial charge is 0.276 e. The van der Waals surface area contributed by atoms with Gasteiger partial charge in [-0.2, -0.15) is 0 Å². The van der Waals surface area contributed by atoms with E-state index in [1.54, 1.807) is 30.3 Å². The average molecular weight is 564 g/mol. The number of hydrogen-bond acceptors (Lipinski definition) is 4. The van der Waals surface area contributed by atoms with E-state index in [-0.39, 0.29) is 6.61 Å². The maximum absolute atomic E-state index is 12.4. The first-order valence-electron chi connectivity index (χ1n) is 10.2. The highest BCUT2D eigenvalue weighted by atomic mass is 79.9. The van der Waals surface area contributed by atoms with Crippen LogP contribution in [0.1, 0.15) is 30.6 Å². The lowest BCUT2D eigenvalue weighted by atomic mass is 10.1. The van der Waals surface area contributed by atoms with Crippen molar-refractivity contribution in [3.8, 4) is 11.5 Å². The Bertz CT molecular complexity index is 1120. The molecule has 0 saturated carbocycles. The Morgan fingerprint density at radius 1 is 0.969 bits per heavy atom. The van der Waals surface area contributed by atoms with Crippen molar-refractivity contribution in [3.05, 3.63) is 69.1 Å². The Labute approximate surface area is 203 Å². The zero-order valence-corrected chi connectivity index (χ0v) is 21.0. The zero-order valence-electron chi connectivity index (χ0n) is 17.8. The van der Waals surface area contributed by atoms with Crippen molar-refractivity contribution in [1.29, 1.82) is 0 Å². The molecular weight excluding hydrogens is 540 g/mol. The molecule has 0 saturated heterocycles. The minimum Gasteiger partial charge on any atom is -0.494 e. The van der Waals surface area contributed by atoms with Crippen LogP contribution >= 0.6 is 31.9 Å². The van der Waals surface area contributed by atoms with E-state index in [2.05, 4.69) is 56.6 Å². The Balaban J connectivity index is 1.51. The van der Waals surface area contributed by atoms with Gasteiger partial charge in [0.15, 0.2) is 6.61 Å². The highest BCUT2D eigenvalue weighted by Crippen LogP contribution is 2.34. The van der Waals surface area contributed by atoms with Gasteiger partial charge in [-0.25, -0.2) is 0 Å². The summed E-state index contributed by atoms with van der Waals surface area (Å²) in [4.78, 5) is 24.5. The minimum atomic E-state index is -0.481. The highest BCUT2D eigenvalue weighted by Gasteiger charge is 2.11. The first-order chi connectivity index (χ1) is 15.3. The van der Waals surface area contributed by atoms with E-state index >= 15 is 0 Å². The fourth-order valence-electron chi connectivity index (χ4n) is 2.87. The molecule has 0 fully saturated rings. The third-order valence-electron chi connectivity index (χ3n) is 4.62. The standard InChI is InChI=1S/C24H24Br2N2O4/c1-15(2)10-11-31-19-5-3-4-17(13-19)24(30)28-27-22(29)14-32-21-9-6-16-12-18(25)7-8-20(16)23(21)26/h3-9,12-13,15H,10-11,14H2,1-2H3,(H,27,29)(H,28,30). The summed E-state index contributed by atoms with van der Waals surface area (Å²) in [6, 6.07) is 16.4. The second kappa shape index (κ2) is 11.3. The second-order valence-corrected chi connectivity index (χ2v) is 9.30. The van der Waals surface area contributed by atoms with E-state index in [0.717, 1.165) is 26.1 Å². The fourth-order valence-corrected chi connectivity index (χ4v) is 3.86. The summed E-state index contributed by atoms with van der Waals surface area (Å²) in [7, 11) is 0. The highest BCUT2D eigenvalue weighted by molar-refractivity contribution is 9.11. The molecule has 0 spiro atoms. The normalized spacial score (nSPS) is 10.8. The topological polar surface area (TPSA) is 76.7 Å². The molecule has 0 aromatic heterocycles. The van der Waals surface area contributed by atoms with Gasteiger partial charge in [0, 0.05) is 10.0 Å². The third kappa shape index (κ3) is 6.71. The first kappa shape index (κ1) is 24.1. The predicted molar refractivity (Wildman–Crippen MR) is 132 cm³/mol. The molecule has 0 aliphatic heterocycles. The van der Waals surface area contributed by atoms with Crippen LogP contribution in [-0.4, -0.2) is 25.0 Å². The van der Waals surface area contributed by atoms with Gasteiger partial charge >= 0.3 is 0 Å². The number of hydrogen-bond donors (Lipinski definition) is 2. The van der Waals surface area contributed by atoms with Gasteiger partial charge in [-0.05, 0) is 75.4 Å². The molecule has 3 aromatic rings. The van der Waals surface area contributed by atoms with E-state index < -0.39 is 11.8 Å². The van der Waals surface area contributed by atoms with Gasteiger partial charge in [-0.1, -0.05) is 48.0 Å².